The van der Waals surface area contributed by atoms with Crippen LogP contribution in [0, 0.1) is 0 Å². The fourth-order valence-corrected chi connectivity index (χ4v) is 4.70. The molecule has 0 radical (unpaired) electrons. The normalized spacial score (nSPS) is 16.4. The number of fused-ring (bicyclic) bond motifs is 1. The van der Waals surface area contributed by atoms with E-state index in [1.807, 2.05) is 24.3 Å². The molecule has 160 valence electrons. The molecule has 1 aliphatic heterocycles. The Hall–Kier alpha value is -2.62. The van der Waals surface area contributed by atoms with Gasteiger partial charge in [-0.25, -0.2) is 8.42 Å². The van der Waals surface area contributed by atoms with Gasteiger partial charge in [0.25, 0.3) is 11.8 Å². The zero-order valence-electron chi connectivity index (χ0n) is 16.5. The molecule has 3 rings (SSSR count). The first-order valence-electron chi connectivity index (χ1n) is 9.27. The van der Waals surface area contributed by atoms with Crippen molar-refractivity contribution in [2.75, 3.05) is 12.9 Å². The highest BCUT2D eigenvalue weighted by atomic mass is 35.5. The van der Waals surface area contributed by atoms with Gasteiger partial charge < -0.3 is 4.74 Å². The molecule has 0 spiro atoms. The van der Waals surface area contributed by atoms with Crippen LogP contribution in [-0.2, 0) is 27.8 Å². The van der Waals surface area contributed by atoms with Gasteiger partial charge in [0.1, 0.15) is 11.8 Å². The number of hydrazine groups is 1. The third kappa shape index (κ3) is 4.58. The van der Waals surface area contributed by atoms with Gasteiger partial charge in [-0.05, 0) is 42.7 Å². The molecule has 1 heterocycles. The van der Waals surface area contributed by atoms with Crippen LogP contribution >= 0.6 is 11.6 Å². The number of hydrogen-bond donors (Lipinski definition) is 2. The summed E-state index contributed by atoms with van der Waals surface area (Å²) in [6.45, 7) is 1.62. The van der Waals surface area contributed by atoms with E-state index < -0.39 is 27.9 Å². The lowest BCUT2D eigenvalue weighted by Gasteiger charge is -2.34. The molecule has 0 fully saturated rings. The third-order valence-corrected chi connectivity index (χ3v) is 7.00. The third-order valence-electron chi connectivity index (χ3n) is 4.94. The maximum atomic E-state index is 12.8. The Morgan fingerprint density at radius 2 is 1.87 bits per heavy atom. The maximum Gasteiger partial charge on any atom is 0.273 e. The minimum atomic E-state index is -3.64. The van der Waals surface area contributed by atoms with Gasteiger partial charge in [-0.15, -0.1) is 0 Å². The number of ether oxygens (including phenoxy) is 1. The van der Waals surface area contributed by atoms with Gasteiger partial charge in [0, 0.05) is 11.6 Å². The van der Waals surface area contributed by atoms with Gasteiger partial charge in [-0.2, -0.15) is 4.31 Å². The first kappa shape index (κ1) is 22.1. The van der Waals surface area contributed by atoms with Crippen LogP contribution < -0.4 is 15.6 Å². The largest absolute Gasteiger partial charge is 0.496 e. The summed E-state index contributed by atoms with van der Waals surface area (Å²) >= 11 is 5.94. The molecule has 2 N–H and O–H groups in total. The van der Waals surface area contributed by atoms with E-state index >= 15 is 0 Å². The zero-order chi connectivity index (χ0) is 21.9. The summed E-state index contributed by atoms with van der Waals surface area (Å²) in [6, 6.07) is 10.9. The van der Waals surface area contributed by atoms with Gasteiger partial charge in [0.15, 0.2) is 0 Å². The van der Waals surface area contributed by atoms with Crippen molar-refractivity contribution >= 4 is 33.4 Å². The number of benzene rings is 2. The van der Waals surface area contributed by atoms with Gasteiger partial charge in [-0.1, -0.05) is 35.9 Å². The number of rotatable bonds is 5. The van der Waals surface area contributed by atoms with Crippen molar-refractivity contribution in [2.45, 2.75) is 25.9 Å². The van der Waals surface area contributed by atoms with Crippen molar-refractivity contribution in [1.29, 1.82) is 0 Å². The summed E-state index contributed by atoms with van der Waals surface area (Å²) in [5.41, 5.74) is 6.53. The van der Waals surface area contributed by atoms with E-state index in [1.165, 1.54) is 30.5 Å². The molecule has 1 aliphatic rings. The van der Waals surface area contributed by atoms with Crippen LogP contribution in [0.4, 0.5) is 0 Å². The highest BCUT2D eigenvalue weighted by Gasteiger charge is 2.38. The molecular formula is C20H22ClN3O5S. The number of sulfonamides is 1. The highest BCUT2D eigenvalue weighted by Crippen LogP contribution is 2.26. The standard InChI is InChI=1S/C20H22ClN3O5S/c1-3-30(27,28)24-12-14-7-5-4-6-13(14)10-17(24)20(26)23-22-19(25)16-11-15(21)8-9-18(16)29-2/h4-9,11,17H,3,10,12H2,1-2H3,(H,22,25)(H,23,26)/t17-/m1/s1. The maximum absolute atomic E-state index is 12.8. The molecular weight excluding hydrogens is 430 g/mol. The predicted octanol–water partition coefficient (Wildman–Crippen LogP) is 1.89. The summed E-state index contributed by atoms with van der Waals surface area (Å²) in [4.78, 5) is 25.3. The summed E-state index contributed by atoms with van der Waals surface area (Å²) in [5, 5.41) is 0.330. The van der Waals surface area contributed by atoms with E-state index in [9.17, 15) is 18.0 Å². The molecule has 2 amide bonds. The molecule has 1 atom stereocenters. The highest BCUT2D eigenvalue weighted by molar-refractivity contribution is 7.89. The zero-order valence-corrected chi connectivity index (χ0v) is 18.1. The first-order valence-corrected chi connectivity index (χ1v) is 11.3. The van der Waals surface area contributed by atoms with Crippen LogP contribution in [-0.4, -0.2) is 43.4 Å². The number of hydrogen-bond acceptors (Lipinski definition) is 5. The SMILES string of the molecule is CCS(=O)(=O)N1Cc2ccccc2C[C@@H]1C(=O)NNC(=O)c1cc(Cl)ccc1OC. The Bertz CT molecular complexity index is 1070. The Morgan fingerprint density at radius 3 is 2.53 bits per heavy atom. The minimum Gasteiger partial charge on any atom is -0.496 e. The van der Waals surface area contributed by atoms with Crippen molar-refractivity contribution in [2.24, 2.45) is 0 Å². The lowest BCUT2D eigenvalue weighted by Crippen LogP contribution is -2.56. The van der Waals surface area contributed by atoms with Crippen LogP contribution in [0.3, 0.4) is 0 Å². The molecule has 30 heavy (non-hydrogen) atoms. The molecule has 0 aromatic heterocycles. The number of methoxy groups -OCH3 is 1. The van der Waals surface area contributed by atoms with Crippen molar-refractivity contribution in [3.8, 4) is 5.75 Å². The number of nitrogens with one attached hydrogen (secondary N) is 2. The van der Waals surface area contributed by atoms with E-state index in [0.29, 0.717) is 5.02 Å². The second-order valence-corrected chi connectivity index (χ2v) is 9.37. The topological polar surface area (TPSA) is 105 Å². The molecule has 0 unspecified atom stereocenters. The number of nitrogens with zero attached hydrogens (tertiary/aromatic N) is 1. The lowest BCUT2D eigenvalue weighted by molar-refractivity contribution is -0.126. The lowest BCUT2D eigenvalue weighted by atomic mass is 9.95. The molecule has 2 aromatic rings. The summed E-state index contributed by atoms with van der Waals surface area (Å²) < 4.78 is 31.5. The Balaban J connectivity index is 1.79. The van der Waals surface area contributed by atoms with Crippen LogP contribution in [0.15, 0.2) is 42.5 Å². The van der Waals surface area contributed by atoms with Crippen LogP contribution in [0.2, 0.25) is 5.02 Å². The van der Waals surface area contributed by atoms with Crippen molar-refractivity contribution in [1.82, 2.24) is 15.2 Å². The molecule has 0 bridgehead atoms. The number of carbonyl (C=O) groups is 2. The van der Waals surface area contributed by atoms with E-state index in [4.69, 9.17) is 16.3 Å². The average Bonchev–Trinajstić information content (AvgIpc) is 2.76. The van der Waals surface area contributed by atoms with Crippen molar-refractivity contribution in [3.05, 3.63) is 64.2 Å². The van der Waals surface area contributed by atoms with Crippen LogP contribution in [0.25, 0.3) is 0 Å². The molecule has 10 heteroatoms. The van der Waals surface area contributed by atoms with E-state index in [2.05, 4.69) is 10.9 Å². The fraction of sp³-hybridized carbons (Fsp3) is 0.300. The van der Waals surface area contributed by atoms with E-state index in [0.717, 1.165) is 11.1 Å². The summed E-state index contributed by atoms with van der Waals surface area (Å²) in [5.74, 6) is -1.11. The Morgan fingerprint density at radius 1 is 1.17 bits per heavy atom. The molecule has 0 saturated carbocycles. The number of carbonyl (C=O) groups excluding carboxylic acids is 2. The average molecular weight is 452 g/mol. The van der Waals surface area contributed by atoms with Gasteiger partial charge in [-0.3, -0.25) is 20.4 Å². The molecule has 0 saturated heterocycles. The summed E-state index contributed by atoms with van der Waals surface area (Å²) in [7, 11) is -2.23. The molecule has 8 nitrogen and oxygen atoms in total. The van der Waals surface area contributed by atoms with Gasteiger partial charge in [0.2, 0.25) is 10.0 Å². The quantitative estimate of drug-likeness (QED) is 0.675. The van der Waals surface area contributed by atoms with E-state index in [1.54, 1.807) is 6.07 Å². The minimum absolute atomic E-state index is 0.0977. The van der Waals surface area contributed by atoms with Crippen LogP contribution in [0.5, 0.6) is 5.75 Å². The number of amides is 2. The predicted molar refractivity (Wildman–Crippen MR) is 113 cm³/mol. The van der Waals surface area contributed by atoms with Crippen molar-refractivity contribution < 1.29 is 22.7 Å². The molecule has 2 aromatic carbocycles. The monoisotopic (exact) mass is 451 g/mol. The van der Waals surface area contributed by atoms with Gasteiger partial charge >= 0.3 is 0 Å². The second-order valence-electron chi connectivity index (χ2n) is 6.72. The Labute approximate surface area is 180 Å². The second kappa shape index (κ2) is 9.03. The number of halogens is 1. The van der Waals surface area contributed by atoms with Crippen LogP contribution in [0.1, 0.15) is 28.4 Å². The van der Waals surface area contributed by atoms with Gasteiger partial charge in [0.05, 0.1) is 18.4 Å². The Kier molecular flexibility index (Phi) is 6.64. The molecule has 0 aliphatic carbocycles. The van der Waals surface area contributed by atoms with E-state index in [-0.39, 0.29) is 30.0 Å². The summed E-state index contributed by atoms with van der Waals surface area (Å²) in [6.07, 6.45) is 0.206. The first-order chi connectivity index (χ1) is 14.3. The smallest absolute Gasteiger partial charge is 0.273 e. The van der Waals surface area contributed by atoms with Crippen molar-refractivity contribution in [3.63, 3.8) is 0 Å². The fourth-order valence-electron chi connectivity index (χ4n) is 3.31.